The Bertz CT molecular complexity index is 477. The van der Waals surface area contributed by atoms with Gasteiger partial charge in [-0.2, -0.15) is 0 Å². The van der Waals surface area contributed by atoms with E-state index in [0.717, 1.165) is 0 Å². The zero-order valence-electron chi connectivity index (χ0n) is 12.6. The van der Waals surface area contributed by atoms with Crippen LogP contribution in [-0.4, -0.2) is 35.9 Å². The molecule has 0 radical (unpaired) electrons. The fraction of sp³-hybridized carbons (Fsp3) is 0.467. The molecule has 6 heteroatoms. The number of aliphatic hydroxyl groups excluding tert-OH is 1. The number of hydrogen-bond acceptors (Lipinski definition) is 4. The van der Waals surface area contributed by atoms with Crippen LogP contribution in [-0.2, 0) is 4.74 Å². The number of ether oxygens (including phenoxy) is 1. The lowest BCUT2D eigenvalue weighted by atomic mass is 10.2. The monoisotopic (exact) mass is 294 g/mol. The second-order valence-corrected chi connectivity index (χ2v) is 5.54. The summed E-state index contributed by atoms with van der Waals surface area (Å²) in [6.45, 7) is 5.82. The fourth-order valence-electron chi connectivity index (χ4n) is 1.51. The predicted molar refractivity (Wildman–Crippen MR) is 80.3 cm³/mol. The molecule has 0 heterocycles. The third kappa shape index (κ3) is 6.76. The fourth-order valence-corrected chi connectivity index (χ4v) is 1.51. The van der Waals surface area contributed by atoms with Crippen molar-refractivity contribution in [3.05, 3.63) is 29.8 Å². The number of rotatable bonds is 5. The number of anilines is 1. The lowest BCUT2D eigenvalue weighted by Crippen LogP contribution is -2.27. The predicted octanol–water partition coefficient (Wildman–Crippen LogP) is 2.15. The van der Waals surface area contributed by atoms with E-state index in [9.17, 15) is 9.59 Å². The van der Waals surface area contributed by atoms with Gasteiger partial charge in [-0.3, -0.25) is 10.1 Å². The van der Waals surface area contributed by atoms with Crippen LogP contribution in [0.1, 0.15) is 37.6 Å². The van der Waals surface area contributed by atoms with E-state index in [4.69, 9.17) is 9.84 Å². The summed E-state index contributed by atoms with van der Waals surface area (Å²) in [7, 11) is 0. The molecule has 116 valence electrons. The highest BCUT2D eigenvalue weighted by Crippen LogP contribution is 2.13. The zero-order chi connectivity index (χ0) is 15.9. The minimum atomic E-state index is -0.559. The normalized spacial score (nSPS) is 10.9. The molecule has 0 aliphatic carbocycles. The van der Waals surface area contributed by atoms with E-state index in [1.807, 2.05) is 0 Å². The van der Waals surface area contributed by atoms with Gasteiger partial charge in [0.15, 0.2) is 0 Å². The largest absolute Gasteiger partial charge is 0.444 e. The Kier molecular flexibility index (Phi) is 6.17. The van der Waals surface area contributed by atoms with Crippen molar-refractivity contribution in [2.45, 2.75) is 32.8 Å². The van der Waals surface area contributed by atoms with Crippen molar-refractivity contribution in [2.24, 2.45) is 0 Å². The lowest BCUT2D eigenvalue weighted by molar-refractivity contribution is 0.0635. The summed E-state index contributed by atoms with van der Waals surface area (Å²) >= 11 is 0. The molecule has 1 aromatic rings. The van der Waals surface area contributed by atoms with Gasteiger partial charge in [0.1, 0.15) is 5.60 Å². The van der Waals surface area contributed by atoms with Crippen molar-refractivity contribution in [1.82, 2.24) is 5.32 Å². The number of carbonyl (C=O) groups is 2. The van der Waals surface area contributed by atoms with E-state index in [1.54, 1.807) is 45.0 Å². The molecule has 6 nitrogen and oxygen atoms in total. The molecule has 21 heavy (non-hydrogen) atoms. The van der Waals surface area contributed by atoms with Gasteiger partial charge in [-0.25, -0.2) is 4.79 Å². The number of carbonyl (C=O) groups excluding carboxylic acids is 2. The highest BCUT2D eigenvalue weighted by atomic mass is 16.6. The molecule has 0 spiro atoms. The first kappa shape index (κ1) is 17.0. The zero-order valence-corrected chi connectivity index (χ0v) is 12.6. The third-order valence-electron chi connectivity index (χ3n) is 2.41. The van der Waals surface area contributed by atoms with Crippen LogP contribution in [0.4, 0.5) is 10.5 Å². The van der Waals surface area contributed by atoms with Crippen molar-refractivity contribution >= 4 is 17.7 Å². The minimum Gasteiger partial charge on any atom is -0.444 e. The van der Waals surface area contributed by atoms with Crippen LogP contribution in [0.2, 0.25) is 0 Å². The molecule has 0 aromatic heterocycles. The molecule has 0 saturated heterocycles. The molecular formula is C15H22N2O4. The second-order valence-electron chi connectivity index (χ2n) is 5.54. The summed E-state index contributed by atoms with van der Waals surface area (Å²) < 4.78 is 5.13. The summed E-state index contributed by atoms with van der Waals surface area (Å²) in [5.74, 6) is -0.215. The van der Waals surface area contributed by atoms with Crippen molar-refractivity contribution in [1.29, 1.82) is 0 Å². The van der Waals surface area contributed by atoms with E-state index < -0.39 is 11.7 Å². The van der Waals surface area contributed by atoms with Crippen LogP contribution >= 0.6 is 0 Å². The van der Waals surface area contributed by atoms with Crippen LogP contribution in [0.25, 0.3) is 0 Å². The number of aliphatic hydroxyl groups is 1. The van der Waals surface area contributed by atoms with E-state index in [2.05, 4.69) is 10.6 Å². The summed E-state index contributed by atoms with van der Waals surface area (Å²) in [4.78, 5) is 23.3. The van der Waals surface area contributed by atoms with Crippen LogP contribution in [0, 0.1) is 0 Å². The molecule has 0 aliphatic heterocycles. The third-order valence-corrected chi connectivity index (χ3v) is 2.41. The van der Waals surface area contributed by atoms with E-state index in [0.29, 0.717) is 24.2 Å². The van der Waals surface area contributed by atoms with Gasteiger partial charge in [-0.1, -0.05) is 0 Å². The van der Waals surface area contributed by atoms with Gasteiger partial charge >= 0.3 is 6.09 Å². The van der Waals surface area contributed by atoms with Crippen molar-refractivity contribution < 1.29 is 19.4 Å². The Hall–Kier alpha value is -2.08. The molecule has 0 unspecified atom stereocenters. The Morgan fingerprint density at radius 1 is 1.19 bits per heavy atom. The lowest BCUT2D eigenvalue weighted by Gasteiger charge is -2.19. The summed E-state index contributed by atoms with van der Waals surface area (Å²) in [5.41, 5.74) is 0.482. The number of nitrogens with one attached hydrogen (secondary N) is 2. The van der Waals surface area contributed by atoms with Gasteiger partial charge < -0.3 is 15.2 Å². The maximum absolute atomic E-state index is 11.7. The van der Waals surface area contributed by atoms with E-state index in [1.165, 1.54) is 0 Å². The molecular weight excluding hydrogens is 272 g/mol. The number of amides is 2. The smallest absolute Gasteiger partial charge is 0.412 e. The average Bonchev–Trinajstić information content (AvgIpc) is 2.37. The van der Waals surface area contributed by atoms with Gasteiger partial charge in [0.05, 0.1) is 0 Å². The highest BCUT2D eigenvalue weighted by molar-refractivity contribution is 5.95. The van der Waals surface area contributed by atoms with E-state index in [-0.39, 0.29) is 12.5 Å². The Labute approximate surface area is 124 Å². The quantitative estimate of drug-likeness (QED) is 0.726. The van der Waals surface area contributed by atoms with Gasteiger partial charge in [0.2, 0.25) is 0 Å². The SMILES string of the molecule is CC(C)(C)OC(=O)Nc1ccc(C(=O)NCCCO)cc1. The van der Waals surface area contributed by atoms with Gasteiger partial charge in [0, 0.05) is 24.4 Å². The molecule has 0 bridgehead atoms. The molecule has 2 amide bonds. The average molecular weight is 294 g/mol. The van der Waals surface area contributed by atoms with Crippen molar-refractivity contribution in [3.8, 4) is 0 Å². The molecule has 1 aromatic carbocycles. The summed E-state index contributed by atoms with van der Waals surface area (Å²) in [5, 5.41) is 13.9. The molecule has 3 N–H and O–H groups in total. The second kappa shape index (κ2) is 7.64. The molecule has 0 aliphatic rings. The van der Waals surface area contributed by atoms with Crippen LogP contribution < -0.4 is 10.6 Å². The first-order chi connectivity index (χ1) is 9.81. The molecule has 0 saturated carbocycles. The first-order valence-electron chi connectivity index (χ1n) is 6.81. The molecule has 0 fully saturated rings. The van der Waals surface area contributed by atoms with Crippen LogP contribution in [0.5, 0.6) is 0 Å². The van der Waals surface area contributed by atoms with Crippen LogP contribution in [0.15, 0.2) is 24.3 Å². The van der Waals surface area contributed by atoms with Crippen molar-refractivity contribution in [3.63, 3.8) is 0 Å². The topological polar surface area (TPSA) is 87.7 Å². The first-order valence-corrected chi connectivity index (χ1v) is 6.81. The molecule has 1 rings (SSSR count). The minimum absolute atomic E-state index is 0.0407. The van der Waals surface area contributed by atoms with E-state index >= 15 is 0 Å². The molecule has 0 atom stereocenters. The standard InChI is InChI=1S/C15H22N2O4/c1-15(2,3)21-14(20)17-12-7-5-11(6-8-12)13(19)16-9-4-10-18/h5-8,18H,4,9-10H2,1-3H3,(H,16,19)(H,17,20). The summed E-state index contributed by atoms with van der Waals surface area (Å²) in [6, 6.07) is 6.48. The van der Waals surface area contributed by atoms with Gasteiger partial charge in [0.25, 0.3) is 5.91 Å². The number of hydrogen-bond donors (Lipinski definition) is 3. The summed E-state index contributed by atoms with van der Waals surface area (Å²) in [6.07, 6.45) is -0.0213. The Morgan fingerprint density at radius 3 is 2.33 bits per heavy atom. The van der Waals surface area contributed by atoms with Crippen molar-refractivity contribution in [2.75, 3.05) is 18.5 Å². The highest BCUT2D eigenvalue weighted by Gasteiger charge is 2.16. The number of benzene rings is 1. The van der Waals surface area contributed by atoms with Gasteiger partial charge in [-0.05, 0) is 51.5 Å². The maximum Gasteiger partial charge on any atom is 0.412 e. The van der Waals surface area contributed by atoms with Crippen LogP contribution in [0.3, 0.4) is 0 Å². The van der Waals surface area contributed by atoms with Gasteiger partial charge in [-0.15, -0.1) is 0 Å². The maximum atomic E-state index is 11.7. The Morgan fingerprint density at radius 2 is 1.81 bits per heavy atom. The Balaban J connectivity index is 2.54.